The van der Waals surface area contributed by atoms with Crippen LogP contribution in [-0.2, 0) is 33.3 Å². The topological polar surface area (TPSA) is 181 Å². The maximum Gasteiger partial charge on any atom is 0.407 e. The number of alkyl carbamates (subject to hydrolysis) is 1. The third kappa shape index (κ3) is 6.56. The standard InChI is InChI=1S/C43H58N2O11/c1-21-11-14-32(55-33-19-41(8,45(51)52)36(27(7)54-33)44-40(50)53-10)24(4)17-31-23(3)16-28(20-46)18-43(31)38(48)34(39(49)56-43)37(47)42(9)30(21)13-12-29-26(6)22(2)15-25(5)35(29)42/h11-13,16-17,20,22-23,25-27,29-33,35-36,47H,14-15,18-19H2,1-10H3,(H,44,50)/b21-11+,24-17+,37-34?. The summed E-state index contributed by atoms with van der Waals surface area (Å²) in [5.41, 5.74) is -3.02. The van der Waals surface area contributed by atoms with Crippen molar-refractivity contribution in [3.8, 4) is 0 Å². The maximum absolute atomic E-state index is 15.0. The van der Waals surface area contributed by atoms with Gasteiger partial charge in [0.05, 0.1) is 25.7 Å². The van der Waals surface area contributed by atoms with Gasteiger partial charge >= 0.3 is 12.1 Å². The Morgan fingerprint density at radius 3 is 2.41 bits per heavy atom. The zero-order valence-corrected chi connectivity index (χ0v) is 34.2. The number of esters is 1. The number of aldehydes is 1. The van der Waals surface area contributed by atoms with Crippen molar-refractivity contribution >= 4 is 24.1 Å². The molecule has 1 spiro atoms. The molecule has 4 aliphatic carbocycles. The molecule has 306 valence electrons. The van der Waals surface area contributed by atoms with Gasteiger partial charge in [-0.1, -0.05) is 70.6 Å². The van der Waals surface area contributed by atoms with Gasteiger partial charge in [-0.05, 0) is 80.3 Å². The largest absolute Gasteiger partial charge is 0.511 e. The zero-order chi connectivity index (χ0) is 41.2. The molecular formula is C43H58N2O11. The predicted octanol–water partition coefficient (Wildman–Crippen LogP) is 6.76. The second-order valence-electron chi connectivity index (χ2n) is 18.0. The molecule has 6 aliphatic rings. The number of methoxy groups -OCH3 is 1. The normalized spacial score (nSPS) is 45.7. The van der Waals surface area contributed by atoms with Crippen LogP contribution in [-0.4, -0.2) is 77.0 Å². The number of aliphatic hydroxyl groups excluding tert-OH is 1. The molecule has 2 saturated heterocycles. The van der Waals surface area contributed by atoms with E-state index in [4.69, 9.17) is 18.9 Å². The molecule has 56 heavy (non-hydrogen) atoms. The first-order valence-corrected chi connectivity index (χ1v) is 20.0. The number of nitrogens with one attached hydrogen (secondary N) is 1. The first-order valence-electron chi connectivity index (χ1n) is 20.0. The number of amides is 1. The van der Waals surface area contributed by atoms with E-state index in [1.165, 1.54) is 14.0 Å². The van der Waals surface area contributed by atoms with Gasteiger partial charge in [-0.2, -0.15) is 0 Å². The number of ether oxygens (including phenoxy) is 4. The van der Waals surface area contributed by atoms with Gasteiger partial charge in [-0.3, -0.25) is 19.7 Å². The van der Waals surface area contributed by atoms with Crippen molar-refractivity contribution in [2.24, 2.45) is 52.8 Å². The van der Waals surface area contributed by atoms with Gasteiger partial charge in [-0.25, -0.2) is 9.59 Å². The minimum Gasteiger partial charge on any atom is -0.511 e. The molecule has 0 radical (unpaired) electrons. The van der Waals surface area contributed by atoms with E-state index in [9.17, 15) is 29.6 Å². The maximum atomic E-state index is 15.0. The van der Waals surface area contributed by atoms with E-state index in [1.54, 1.807) is 13.0 Å². The van der Waals surface area contributed by atoms with Crippen molar-refractivity contribution in [1.82, 2.24) is 5.32 Å². The second kappa shape index (κ2) is 15.0. The Morgan fingerprint density at radius 1 is 1.07 bits per heavy atom. The van der Waals surface area contributed by atoms with Crippen LogP contribution in [0.25, 0.3) is 0 Å². The molecule has 1 saturated carbocycles. The average Bonchev–Trinajstić information content (AvgIpc) is 3.38. The summed E-state index contributed by atoms with van der Waals surface area (Å²) in [6.45, 7) is 17.4. The number of hydrogen-bond donors (Lipinski definition) is 2. The van der Waals surface area contributed by atoms with Crippen LogP contribution in [0.5, 0.6) is 0 Å². The first-order chi connectivity index (χ1) is 26.2. The number of Topliss-reactive ketones (excluding diaryl/α,β-unsaturated/α-hetero) is 1. The average molecular weight is 779 g/mol. The smallest absolute Gasteiger partial charge is 0.407 e. The van der Waals surface area contributed by atoms with Crippen LogP contribution >= 0.6 is 0 Å². The highest BCUT2D eigenvalue weighted by atomic mass is 16.7. The lowest BCUT2D eigenvalue weighted by Gasteiger charge is -2.56. The Labute approximate surface area is 329 Å². The van der Waals surface area contributed by atoms with Gasteiger partial charge in [0.1, 0.15) is 23.7 Å². The lowest BCUT2D eigenvalue weighted by atomic mass is 9.48. The Kier molecular flexibility index (Phi) is 11.1. The van der Waals surface area contributed by atoms with Crippen LogP contribution in [0.2, 0.25) is 0 Å². The summed E-state index contributed by atoms with van der Waals surface area (Å²) in [6, 6.07) is -1.02. The van der Waals surface area contributed by atoms with Crippen LogP contribution in [0.3, 0.4) is 0 Å². The Bertz CT molecular complexity index is 1830. The molecule has 2 heterocycles. The molecular weight excluding hydrogens is 720 g/mol. The van der Waals surface area contributed by atoms with Crippen LogP contribution in [0.15, 0.2) is 58.4 Å². The summed E-state index contributed by atoms with van der Waals surface area (Å²) in [4.78, 5) is 65.9. The summed E-state index contributed by atoms with van der Waals surface area (Å²) in [5.74, 6) is -2.60. The van der Waals surface area contributed by atoms with Crippen molar-refractivity contribution in [3.63, 3.8) is 0 Å². The number of allylic oxidation sites excluding steroid dienone is 5. The van der Waals surface area contributed by atoms with Crippen molar-refractivity contribution in [2.45, 2.75) is 124 Å². The molecule has 3 fully saturated rings. The highest BCUT2D eigenvalue weighted by Crippen LogP contribution is 2.61. The molecule has 0 aromatic carbocycles. The number of carbonyl (C=O) groups excluding carboxylic acids is 4. The minimum atomic E-state index is -1.80. The number of nitrogens with zero attached hydrogens (tertiary/aromatic N) is 1. The van der Waals surface area contributed by atoms with Crippen LogP contribution < -0.4 is 5.32 Å². The van der Waals surface area contributed by atoms with Crippen molar-refractivity contribution in [3.05, 3.63) is 68.5 Å². The Morgan fingerprint density at radius 2 is 1.77 bits per heavy atom. The van der Waals surface area contributed by atoms with E-state index in [2.05, 4.69) is 44.3 Å². The highest BCUT2D eigenvalue weighted by molar-refractivity contribution is 6.26. The van der Waals surface area contributed by atoms with Crippen molar-refractivity contribution in [1.29, 1.82) is 0 Å². The highest BCUT2D eigenvalue weighted by Gasteiger charge is 2.64. The van der Waals surface area contributed by atoms with Crippen molar-refractivity contribution < 1.29 is 48.2 Å². The Balaban J connectivity index is 1.51. The van der Waals surface area contributed by atoms with Crippen LogP contribution in [0.4, 0.5) is 4.79 Å². The molecule has 13 nitrogen and oxygen atoms in total. The van der Waals surface area contributed by atoms with Crippen LogP contribution in [0.1, 0.15) is 88.0 Å². The number of aliphatic hydroxyl groups is 1. The minimum absolute atomic E-state index is 0.0774. The molecule has 2 N–H and O–H groups in total. The van der Waals surface area contributed by atoms with Gasteiger partial charge in [0.15, 0.2) is 11.9 Å². The molecule has 15 unspecified atom stereocenters. The number of ketones is 1. The quantitative estimate of drug-likeness (QED) is 0.0752. The number of nitro groups is 1. The molecule has 0 aromatic rings. The molecule has 2 aliphatic heterocycles. The molecule has 13 heteroatoms. The fourth-order valence-electron chi connectivity index (χ4n) is 11.4. The van der Waals surface area contributed by atoms with E-state index >= 15 is 4.79 Å². The lowest BCUT2D eigenvalue weighted by molar-refractivity contribution is -0.584. The van der Waals surface area contributed by atoms with Gasteiger partial charge in [-0.15, -0.1) is 0 Å². The SMILES string of the molecule is COC(=O)NC1C(C)OC(OC2C/C=C(\C)C3C=CC4C(C)C(C)CC(C)C4C3(C)C(O)=C3C(=O)OC4(CC(C=O)=CC(C)C4/C=C/2C)C3=O)CC1(C)[N+](=O)[O-]. The lowest BCUT2D eigenvalue weighted by Crippen LogP contribution is -2.65. The Hall–Kier alpha value is -4.10. The third-order valence-corrected chi connectivity index (χ3v) is 14.6. The number of rotatable bonds is 5. The fourth-order valence-corrected chi connectivity index (χ4v) is 11.4. The summed E-state index contributed by atoms with van der Waals surface area (Å²) in [7, 11) is 1.18. The molecule has 2 bridgehead atoms. The van der Waals surface area contributed by atoms with Gasteiger partial charge in [0.25, 0.3) is 0 Å². The summed E-state index contributed by atoms with van der Waals surface area (Å²) in [6.07, 6.45) is 8.12. The number of carbonyl (C=O) groups is 4. The van der Waals surface area contributed by atoms with Gasteiger partial charge < -0.3 is 29.4 Å². The van der Waals surface area contributed by atoms with Gasteiger partial charge in [0, 0.05) is 35.5 Å². The third-order valence-electron chi connectivity index (χ3n) is 14.6. The molecule has 1 amide bonds. The predicted molar refractivity (Wildman–Crippen MR) is 205 cm³/mol. The number of hydrogen-bond acceptors (Lipinski definition) is 11. The molecule has 0 aromatic heterocycles. The van der Waals surface area contributed by atoms with E-state index in [0.29, 0.717) is 29.8 Å². The van der Waals surface area contributed by atoms with E-state index in [1.807, 2.05) is 33.8 Å². The van der Waals surface area contributed by atoms with Gasteiger partial charge in [0.2, 0.25) is 11.3 Å². The second-order valence-corrected chi connectivity index (χ2v) is 18.0. The summed E-state index contributed by atoms with van der Waals surface area (Å²) in [5, 5.41) is 27.8. The zero-order valence-electron chi connectivity index (χ0n) is 34.2. The molecule has 15 atom stereocenters. The monoisotopic (exact) mass is 778 g/mol. The fraction of sp³-hybridized carbons (Fsp3) is 0.674. The van der Waals surface area contributed by atoms with E-state index in [-0.39, 0.29) is 47.8 Å². The van der Waals surface area contributed by atoms with E-state index < -0.39 is 81.6 Å². The van der Waals surface area contributed by atoms with Crippen LogP contribution in [0, 0.1) is 62.9 Å². The first kappa shape index (κ1) is 41.5. The van der Waals surface area contributed by atoms with E-state index in [0.717, 1.165) is 12.0 Å². The summed E-state index contributed by atoms with van der Waals surface area (Å²) < 4.78 is 23.9. The molecule has 6 rings (SSSR count). The van der Waals surface area contributed by atoms with Crippen molar-refractivity contribution in [2.75, 3.05) is 7.11 Å². The summed E-state index contributed by atoms with van der Waals surface area (Å²) >= 11 is 0. The number of fused-ring (bicyclic) bond motifs is 4.